The number of morpholine rings is 1. The molecule has 0 amide bonds. The van der Waals surface area contributed by atoms with Gasteiger partial charge in [-0.05, 0) is 37.1 Å². The lowest BCUT2D eigenvalue weighted by Gasteiger charge is -2.27. The summed E-state index contributed by atoms with van der Waals surface area (Å²) in [5, 5.41) is 28.4. The minimum absolute atomic E-state index is 0.172. The first-order valence-corrected chi connectivity index (χ1v) is 10.6. The number of aromatic hydroxyl groups is 1. The van der Waals surface area contributed by atoms with Crippen LogP contribution in [0.5, 0.6) is 5.75 Å². The molecule has 2 aromatic carbocycles. The summed E-state index contributed by atoms with van der Waals surface area (Å²) in [6, 6.07) is 10.2. The Morgan fingerprint density at radius 2 is 1.91 bits per heavy atom. The Bertz CT molecular complexity index is 1230. The van der Waals surface area contributed by atoms with Crippen molar-refractivity contribution >= 4 is 35.4 Å². The first kappa shape index (κ1) is 22.9. The van der Waals surface area contributed by atoms with Crippen molar-refractivity contribution in [3.63, 3.8) is 0 Å². The number of rotatable bonds is 7. The minimum atomic E-state index is -0.661. The van der Waals surface area contributed by atoms with Gasteiger partial charge in [-0.25, -0.2) is 5.43 Å². The number of nitrogens with one attached hydrogen (secondary N) is 2. The predicted molar refractivity (Wildman–Crippen MR) is 128 cm³/mol. The number of aryl methyl sites for hydroxylation is 2. The summed E-state index contributed by atoms with van der Waals surface area (Å²) < 4.78 is 5.42. The van der Waals surface area contributed by atoms with Crippen molar-refractivity contribution in [3.05, 3.63) is 63.2 Å². The Morgan fingerprint density at radius 1 is 1.15 bits per heavy atom. The van der Waals surface area contributed by atoms with Crippen LogP contribution in [0.3, 0.4) is 0 Å². The Kier molecular flexibility index (Phi) is 6.78. The predicted octanol–water partition coefficient (Wildman–Crippen LogP) is 3.13. The molecule has 3 N–H and O–H groups in total. The van der Waals surface area contributed by atoms with Crippen molar-refractivity contribution in [1.82, 2.24) is 15.0 Å². The number of anilines is 4. The molecular formula is C22H24N8O4. The van der Waals surface area contributed by atoms with E-state index in [1.54, 1.807) is 0 Å². The first-order chi connectivity index (χ1) is 16.4. The number of aromatic nitrogens is 3. The summed E-state index contributed by atoms with van der Waals surface area (Å²) in [5.41, 5.74) is 5.50. The molecule has 1 fully saturated rings. The number of hydrazone groups is 1. The molecule has 1 aliphatic heterocycles. The number of nitrogens with zero attached hydrogens (tertiary/aromatic N) is 6. The van der Waals surface area contributed by atoms with Crippen molar-refractivity contribution in [2.75, 3.05) is 41.9 Å². The van der Waals surface area contributed by atoms with Crippen LogP contribution in [-0.2, 0) is 4.74 Å². The summed E-state index contributed by atoms with van der Waals surface area (Å²) in [7, 11) is 0. The molecule has 176 valence electrons. The SMILES string of the molecule is Cc1ccc(C)c(Nc2nc(N/N=C/c3cccc([N+](=O)[O-])c3O)nc(N3CCOCC3)n2)c1. The van der Waals surface area contributed by atoms with Crippen LogP contribution in [0, 0.1) is 24.0 Å². The van der Waals surface area contributed by atoms with E-state index in [0.29, 0.717) is 38.2 Å². The maximum atomic E-state index is 11.0. The molecule has 0 saturated carbocycles. The molecule has 0 bridgehead atoms. The van der Waals surface area contributed by atoms with Crippen molar-refractivity contribution in [2.45, 2.75) is 13.8 Å². The second-order valence-corrected chi connectivity index (χ2v) is 7.67. The van der Waals surface area contributed by atoms with Crippen molar-refractivity contribution in [3.8, 4) is 5.75 Å². The van der Waals surface area contributed by atoms with Gasteiger partial charge in [-0.1, -0.05) is 18.2 Å². The van der Waals surface area contributed by atoms with E-state index in [4.69, 9.17) is 4.74 Å². The molecule has 0 aliphatic carbocycles. The fourth-order valence-electron chi connectivity index (χ4n) is 3.33. The van der Waals surface area contributed by atoms with E-state index in [-0.39, 0.29) is 11.5 Å². The standard InChI is InChI=1S/C22H24N8O4/c1-14-6-7-15(2)17(12-14)24-20-25-21(27-22(26-20)29-8-10-34-11-9-29)28-23-13-16-4-3-5-18(19(16)31)30(32)33/h3-7,12-13,31H,8-11H2,1-2H3,(H2,24,25,26,27,28)/b23-13+. The van der Waals surface area contributed by atoms with Gasteiger partial charge < -0.3 is 20.1 Å². The number of benzene rings is 2. The highest BCUT2D eigenvalue weighted by Gasteiger charge is 2.18. The second-order valence-electron chi connectivity index (χ2n) is 7.67. The smallest absolute Gasteiger partial charge is 0.311 e. The molecule has 12 nitrogen and oxygen atoms in total. The van der Waals surface area contributed by atoms with E-state index >= 15 is 0 Å². The molecular weight excluding hydrogens is 440 g/mol. The average molecular weight is 464 g/mol. The van der Waals surface area contributed by atoms with Gasteiger partial charge in [-0.2, -0.15) is 20.1 Å². The van der Waals surface area contributed by atoms with E-state index in [0.717, 1.165) is 16.8 Å². The maximum absolute atomic E-state index is 11.0. The van der Waals surface area contributed by atoms with Gasteiger partial charge >= 0.3 is 5.69 Å². The number of hydrogen-bond acceptors (Lipinski definition) is 11. The van der Waals surface area contributed by atoms with Crippen LogP contribution < -0.4 is 15.6 Å². The Balaban J connectivity index is 1.61. The van der Waals surface area contributed by atoms with Crippen LogP contribution in [0.4, 0.5) is 29.2 Å². The summed E-state index contributed by atoms with van der Waals surface area (Å²) >= 11 is 0. The average Bonchev–Trinajstić information content (AvgIpc) is 2.83. The van der Waals surface area contributed by atoms with Gasteiger partial charge in [0.1, 0.15) is 0 Å². The monoisotopic (exact) mass is 464 g/mol. The number of nitro groups is 1. The van der Waals surface area contributed by atoms with Crippen molar-refractivity contribution < 1.29 is 14.8 Å². The third-order valence-corrected chi connectivity index (χ3v) is 5.17. The lowest BCUT2D eigenvalue weighted by Crippen LogP contribution is -2.37. The normalized spacial score (nSPS) is 13.8. The zero-order valence-electron chi connectivity index (χ0n) is 18.7. The van der Waals surface area contributed by atoms with Crippen molar-refractivity contribution in [2.24, 2.45) is 5.10 Å². The van der Waals surface area contributed by atoms with Crippen molar-refractivity contribution in [1.29, 1.82) is 0 Å². The molecule has 0 atom stereocenters. The molecule has 1 aliphatic rings. The number of phenolic OH excluding ortho intramolecular Hbond substituents is 1. The Morgan fingerprint density at radius 3 is 2.68 bits per heavy atom. The van der Waals surface area contributed by atoms with Gasteiger partial charge in [0.05, 0.1) is 24.4 Å². The molecule has 12 heteroatoms. The fraction of sp³-hybridized carbons (Fsp3) is 0.273. The van der Waals surface area contributed by atoms with Gasteiger partial charge in [0, 0.05) is 30.4 Å². The number of hydrogen-bond donors (Lipinski definition) is 3. The lowest BCUT2D eigenvalue weighted by atomic mass is 10.1. The quantitative estimate of drug-likeness (QED) is 0.270. The molecule has 0 unspecified atom stereocenters. The van der Waals surface area contributed by atoms with E-state index in [1.165, 1.54) is 24.4 Å². The molecule has 1 aromatic heterocycles. The molecule has 2 heterocycles. The third-order valence-electron chi connectivity index (χ3n) is 5.17. The third kappa shape index (κ3) is 5.35. The molecule has 0 spiro atoms. The summed E-state index contributed by atoms with van der Waals surface area (Å²) in [4.78, 5) is 25.8. The highest BCUT2D eigenvalue weighted by atomic mass is 16.6. The number of ether oxygens (including phenoxy) is 1. The van der Waals surface area contributed by atoms with E-state index in [2.05, 4.69) is 30.8 Å². The number of para-hydroxylation sites is 1. The Labute approximate surface area is 195 Å². The van der Waals surface area contributed by atoms with Gasteiger partial charge in [0.15, 0.2) is 0 Å². The van der Waals surface area contributed by atoms with Crippen LogP contribution in [0.2, 0.25) is 0 Å². The van der Waals surface area contributed by atoms with Gasteiger partial charge in [-0.3, -0.25) is 10.1 Å². The van der Waals surface area contributed by atoms with Gasteiger partial charge in [-0.15, -0.1) is 0 Å². The first-order valence-electron chi connectivity index (χ1n) is 10.6. The van der Waals surface area contributed by atoms with E-state index < -0.39 is 16.4 Å². The summed E-state index contributed by atoms with van der Waals surface area (Å²) in [5.74, 6) is 0.494. The van der Waals surface area contributed by atoms with Crippen LogP contribution >= 0.6 is 0 Å². The molecule has 0 radical (unpaired) electrons. The fourth-order valence-corrected chi connectivity index (χ4v) is 3.33. The number of nitro benzene ring substituents is 1. The minimum Gasteiger partial charge on any atom is -0.502 e. The van der Waals surface area contributed by atoms with E-state index in [1.807, 2.05) is 36.9 Å². The van der Waals surface area contributed by atoms with Gasteiger partial charge in [0.25, 0.3) is 0 Å². The van der Waals surface area contributed by atoms with Crippen LogP contribution in [0.15, 0.2) is 41.5 Å². The zero-order chi connectivity index (χ0) is 24.1. The maximum Gasteiger partial charge on any atom is 0.311 e. The van der Waals surface area contributed by atoms with E-state index in [9.17, 15) is 15.2 Å². The Hall–Kier alpha value is -4.32. The highest BCUT2D eigenvalue weighted by molar-refractivity contribution is 5.85. The molecule has 4 rings (SSSR count). The second kappa shape index (κ2) is 10.1. The summed E-state index contributed by atoms with van der Waals surface area (Å²) in [6.07, 6.45) is 1.26. The molecule has 3 aromatic rings. The highest BCUT2D eigenvalue weighted by Crippen LogP contribution is 2.28. The zero-order valence-corrected chi connectivity index (χ0v) is 18.7. The van der Waals surface area contributed by atoms with Crippen LogP contribution in [0.1, 0.15) is 16.7 Å². The topological polar surface area (TPSA) is 151 Å². The van der Waals surface area contributed by atoms with Crippen LogP contribution in [0.25, 0.3) is 0 Å². The largest absolute Gasteiger partial charge is 0.502 e. The number of phenols is 1. The lowest BCUT2D eigenvalue weighted by molar-refractivity contribution is -0.385. The molecule has 1 saturated heterocycles. The molecule has 34 heavy (non-hydrogen) atoms. The van der Waals surface area contributed by atoms with Crippen LogP contribution in [-0.4, -0.2) is 57.5 Å². The summed E-state index contributed by atoms with van der Waals surface area (Å²) in [6.45, 7) is 6.40. The van der Waals surface area contributed by atoms with Gasteiger partial charge in [0.2, 0.25) is 23.6 Å².